The van der Waals surface area contributed by atoms with E-state index in [0.29, 0.717) is 61.7 Å². The first-order valence-electron chi connectivity index (χ1n) is 17.1. The number of urea groups is 1. The zero-order valence-electron chi connectivity index (χ0n) is 30.2. The van der Waals surface area contributed by atoms with Gasteiger partial charge in [0.05, 0.1) is 69.5 Å². The van der Waals surface area contributed by atoms with Crippen molar-refractivity contribution >= 4 is 77.4 Å². The molecule has 0 saturated carbocycles. The summed E-state index contributed by atoms with van der Waals surface area (Å²) in [5.41, 5.74) is 5.39. The van der Waals surface area contributed by atoms with Gasteiger partial charge in [-0.3, -0.25) is 24.0 Å². The first kappa shape index (κ1) is 47.2. The number of rotatable bonds is 29. The van der Waals surface area contributed by atoms with E-state index in [1.54, 1.807) is 38.1 Å². The van der Waals surface area contributed by atoms with Crippen molar-refractivity contribution in [2.75, 3.05) is 82.2 Å². The van der Waals surface area contributed by atoms with Crippen molar-refractivity contribution in [2.24, 2.45) is 11.7 Å². The van der Waals surface area contributed by atoms with Crippen LogP contribution >= 0.6 is 22.6 Å². The van der Waals surface area contributed by atoms with E-state index in [9.17, 15) is 33.6 Å². The molecule has 0 heterocycles. The van der Waals surface area contributed by atoms with Gasteiger partial charge in [0.1, 0.15) is 12.1 Å². The molecular weight excluding hydrogens is 808 g/mol. The van der Waals surface area contributed by atoms with E-state index < -0.39 is 48.1 Å². The number of nitrogens with one attached hydrogen (secondary N) is 6. The van der Waals surface area contributed by atoms with Crippen LogP contribution in [0.3, 0.4) is 0 Å². The fourth-order valence-electron chi connectivity index (χ4n) is 4.29. The molecule has 7 amide bonds. The van der Waals surface area contributed by atoms with Crippen molar-refractivity contribution in [1.82, 2.24) is 26.6 Å². The molecule has 1 rings (SSSR count). The predicted octanol–water partition coefficient (Wildman–Crippen LogP) is -0.868. The third-order valence-electron chi connectivity index (χ3n) is 6.98. The molecule has 0 saturated heterocycles. The van der Waals surface area contributed by atoms with Gasteiger partial charge in [0.25, 0.3) is 5.91 Å². The van der Waals surface area contributed by atoms with Crippen molar-refractivity contribution in [1.29, 1.82) is 0 Å². The fourth-order valence-corrected chi connectivity index (χ4v) is 4.48. The Hall–Kier alpha value is -3.86. The second-order valence-corrected chi connectivity index (χ2v) is 12.4. The molecular formula is C33H51BIN7O11. The molecule has 0 aromatic heterocycles. The average Bonchev–Trinajstić information content (AvgIpc) is 3.12. The Morgan fingerprint density at radius 1 is 0.736 bits per heavy atom. The minimum absolute atomic E-state index is 0.0164. The van der Waals surface area contributed by atoms with Crippen molar-refractivity contribution in [3.8, 4) is 0 Å². The van der Waals surface area contributed by atoms with Gasteiger partial charge in [-0.25, -0.2) is 4.79 Å². The van der Waals surface area contributed by atoms with E-state index >= 15 is 0 Å². The molecule has 294 valence electrons. The highest BCUT2D eigenvalue weighted by molar-refractivity contribution is 14.1. The van der Waals surface area contributed by atoms with Crippen molar-refractivity contribution < 1.29 is 52.5 Å². The van der Waals surface area contributed by atoms with E-state index in [4.69, 9.17) is 32.5 Å². The van der Waals surface area contributed by atoms with Crippen LogP contribution in [0.4, 0.5) is 10.5 Å². The van der Waals surface area contributed by atoms with Crippen LogP contribution in [0.25, 0.3) is 0 Å². The van der Waals surface area contributed by atoms with Gasteiger partial charge in [0, 0.05) is 30.8 Å². The third-order valence-corrected chi connectivity index (χ3v) is 7.67. The number of halogens is 1. The highest BCUT2D eigenvalue weighted by Crippen LogP contribution is 2.10. The highest BCUT2D eigenvalue weighted by Gasteiger charge is 2.28. The lowest BCUT2D eigenvalue weighted by Gasteiger charge is -2.25. The molecule has 1 aromatic rings. The highest BCUT2D eigenvalue weighted by atomic mass is 127. The Morgan fingerprint density at radius 3 is 1.87 bits per heavy atom. The Labute approximate surface area is 324 Å². The van der Waals surface area contributed by atoms with Gasteiger partial charge in [0.2, 0.25) is 23.6 Å². The molecule has 20 heteroatoms. The van der Waals surface area contributed by atoms with Crippen LogP contribution in [0.15, 0.2) is 24.3 Å². The van der Waals surface area contributed by atoms with Crippen LogP contribution in [0.2, 0.25) is 0 Å². The Kier molecular flexibility index (Phi) is 25.5. The van der Waals surface area contributed by atoms with Crippen LogP contribution in [0.5, 0.6) is 0 Å². The van der Waals surface area contributed by atoms with Gasteiger partial charge in [-0.2, -0.15) is 0 Å². The van der Waals surface area contributed by atoms with Gasteiger partial charge >= 0.3 is 6.03 Å². The summed E-state index contributed by atoms with van der Waals surface area (Å²) >= 11 is 1.97. The maximum Gasteiger partial charge on any atom is 0.312 e. The third kappa shape index (κ3) is 23.4. The molecule has 0 aliphatic carbocycles. The monoisotopic (exact) mass is 859 g/mol. The number of carbonyl (C=O) groups is 7. The number of anilines is 1. The minimum Gasteiger partial charge on any atom is -0.379 e. The van der Waals surface area contributed by atoms with Gasteiger partial charge < -0.3 is 61.4 Å². The van der Waals surface area contributed by atoms with Gasteiger partial charge in [-0.1, -0.05) is 36.4 Å². The first-order valence-corrected chi connectivity index (χ1v) is 18.6. The van der Waals surface area contributed by atoms with Gasteiger partial charge in [-0.05, 0) is 43.0 Å². The summed E-state index contributed by atoms with van der Waals surface area (Å²) in [4.78, 5) is 83.8. The molecule has 0 fully saturated rings. The maximum atomic E-state index is 13.0. The summed E-state index contributed by atoms with van der Waals surface area (Å²) in [6.07, 6.45) is 0.402. The number of nitrogens with two attached hydrogens (primary N) is 1. The topological polar surface area (TPSA) is 255 Å². The Balaban J connectivity index is 2.18. The number of carbonyl (C=O) groups excluding carboxylic acids is 7. The fraction of sp³-hybridized carbons (Fsp3) is 0.606. The molecule has 2 atom stereocenters. The summed E-state index contributed by atoms with van der Waals surface area (Å²) < 4.78 is 22.1. The Morgan fingerprint density at radius 2 is 1.32 bits per heavy atom. The molecule has 0 bridgehead atoms. The molecule has 0 aliphatic heterocycles. The number of hydrogen-bond donors (Lipinski definition) is 7. The van der Waals surface area contributed by atoms with Crippen LogP contribution in [0, 0.1) is 5.92 Å². The van der Waals surface area contributed by atoms with Gasteiger partial charge in [-0.15, -0.1) is 0 Å². The number of amides is 7. The minimum atomic E-state index is -1.05. The quantitative estimate of drug-likeness (QED) is 0.0226. The molecule has 53 heavy (non-hydrogen) atoms. The van der Waals surface area contributed by atoms with E-state index in [0.717, 1.165) is 0 Å². The molecule has 0 aliphatic rings. The van der Waals surface area contributed by atoms with Crippen LogP contribution in [0.1, 0.15) is 43.5 Å². The van der Waals surface area contributed by atoms with Crippen LogP contribution in [-0.2, 0) is 42.9 Å². The zero-order chi connectivity index (χ0) is 39.4. The number of alkyl halides is 1. The van der Waals surface area contributed by atoms with E-state index in [1.165, 1.54) is 0 Å². The summed E-state index contributed by atoms with van der Waals surface area (Å²) in [5, 5.41) is 15.5. The summed E-state index contributed by atoms with van der Waals surface area (Å²) in [5.74, 6) is -2.35. The lowest BCUT2D eigenvalue weighted by molar-refractivity contribution is -0.133. The predicted molar refractivity (Wildman–Crippen MR) is 203 cm³/mol. The number of ether oxygens (including phenoxy) is 4. The van der Waals surface area contributed by atoms with Crippen molar-refractivity contribution in [3.05, 3.63) is 29.8 Å². The van der Waals surface area contributed by atoms with Crippen molar-refractivity contribution in [3.63, 3.8) is 0 Å². The molecule has 1 aromatic carbocycles. The van der Waals surface area contributed by atoms with Gasteiger partial charge in [0.15, 0.2) is 7.85 Å². The first-order chi connectivity index (χ1) is 25.3. The maximum absolute atomic E-state index is 13.0. The van der Waals surface area contributed by atoms with Crippen molar-refractivity contribution in [2.45, 2.75) is 45.2 Å². The summed E-state index contributed by atoms with van der Waals surface area (Å²) in [7, 11) is 5.09. The standard InChI is InChI=1S/C33H51BIN7O11/c1-22(2)29(32(48)41-25(4-3-10-38-33(36)49)31(47)39-21-26(34)43)42-27(44)9-12-50-14-16-52-18-19-53-17-15-51-13-11-37-30(46)23-5-7-24(8-6-23)40-28(45)20-35/h5-8,22,25,29H,3-4,9-21H2,1-2H3,(H,37,46)(H,39,47)(H,40,45)(H,41,48)(H,42,44)(H3,36,38,49)/t25-,29?/m0/s1. The second kappa shape index (κ2) is 28.6. The molecule has 2 radical (unpaired) electrons. The lowest BCUT2D eigenvalue weighted by Crippen LogP contribution is -2.55. The number of primary amides is 1. The number of hydrogen-bond acceptors (Lipinski definition) is 11. The van der Waals surface area contributed by atoms with E-state index in [1.807, 2.05) is 22.6 Å². The van der Waals surface area contributed by atoms with Crippen LogP contribution in [-0.4, -0.2) is 138 Å². The molecule has 18 nitrogen and oxygen atoms in total. The smallest absolute Gasteiger partial charge is 0.312 e. The zero-order valence-corrected chi connectivity index (χ0v) is 32.3. The largest absolute Gasteiger partial charge is 0.379 e. The summed E-state index contributed by atoms with van der Waals surface area (Å²) in [6, 6.07) is 3.86. The molecule has 8 N–H and O–H groups in total. The molecule has 1 unspecified atom stereocenters. The molecule has 0 spiro atoms. The van der Waals surface area contributed by atoms with Crippen LogP contribution < -0.4 is 37.6 Å². The summed E-state index contributed by atoms with van der Waals surface area (Å²) in [6.45, 7) is 5.81. The number of benzene rings is 1. The Bertz CT molecular complexity index is 1310. The lowest BCUT2D eigenvalue weighted by atomic mass is 10.0. The van der Waals surface area contributed by atoms with E-state index in [2.05, 4.69) is 31.9 Å². The second-order valence-electron chi connectivity index (χ2n) is 11.7. The van der Waals surface area contributed by atoms with E-state index in [-0.39, 0.29) is 56.9 Å². The normalized spacial score (nSPS) is 11.9. The SMILES string of the molecule is [B]C(=O)CNC(=O)[C@H](CCCNC(N)=O)NC(=O)C(NC(=O)CCOCCOCCOCCOCCNC(=O)c1ccc(NC(=O)CI)cc1)C(C)C. The average molecular weight is 860 g/mol.